The Morgan fingerprint density at radius 1 is 1.35 bits per heavy atom. The number of piperidine rings is 1. The lowest BCUT2D eigenvalue weighted by Gasteiger charge is -2.29. The van der Waals surface area contributed by atoms with Gasteiger partial charge in [0.2, 0.25) is 15.9 Å². The minimum absolute atomic E-state index is 0.101. The van der Waals surface area contributed by atoms with Crippen molar-refractivity contribution in [2.24, 2.45) is 5.73 Å². The average Bonchev–Trinajstić information content (AvgIpc) is 2.77. The summed E-state index contributed by atoms with van der Waals surface area (Å²) in [6.45, 7) is 0.862. The van der Waals surface area contributed by atoms with Crippen molar-refractivity contribution in [2.45, 2.75) is 30.2 Å². The molecule has 2 aliphatic heterocycles. The zero-order valence-corrected chi connectivity index (χ0v) is 11.8. The molecular weight excluding hydrogens is 278 g/mol. The lowest BCUT2D eigenvalue weighted by atomic mass is 10.1. The SMILES string of the molecule is NC1CCCN(S(=O)(=O)c2ccc3c(c2)CC(=O)N3)C1. The molecule has 0 bridgehead atoms. The van der Waals surface area contributed by atoms with E-state index >= 15 is 0 Å². The first kappa shape index (κ1) is 13.5. The van der Waals surface area contributed by atoms with Gasteiger partial charge < -0.3 is 11.1 Å². The highest BCUT2D eigenvalue weighted by atomic mass is 32.2. The molecule has 1 unspecified atom stereocenters. The summed E-state index contributed by atoms with van der Waals surface area (Å²) in [4.78, 5) is 11.6. The first-order valence-corrected chi connectivity index (χ1v) is 8.09. The van der Waals surface area contributed by atoms with Crippen molar-refractivity contribution in [3.05, 3.63) is 23.8 Å². The zero-order chi connectivity index (χ0) is 14.3. The van der Waals surface area contributed by atoms with Gasteiger partial charge in [-0.25, -0.2) is 8.42 Å². The van der Waals surface area contributed by atoms with Crippen molar-refractivity contribution >= 4 is 21.6 Å². The van der Waals surface area contributed by atoms with Gasteiger partial charge >= 0.3 is 0 Å². The molecule has 0 saturated carbocycles. The number of benzene rings is 1. The minimum Gasteiger partial charge on any atom is -0.327 e. The van der Waals surface area contributed by atoms with Crippen LogP contribution in [0.4, 0.5) is 5.69 Å². The predicted octanol–water partition coefficient (Wildman–Crippen LogP) is 0.293. The van der Waals surface area contributed by atoms with Crippen molar-refractivity contribution in [2.75, 3.05) is 18.4 Å². The van der Waals surface area contributed by atoms with Crippen molar-refractivity contribution < 1.29 is 13.2 Å². The summed E-state index contributed by atoms with van der Waals surface area (Å²) >= 11 is 0. The molecule has 108 valence electrons. The molecule has 7 heteroatoms. The summed E-state index contributed by atoms with van der Waals surface area (Å²) in [5.41, 5.74) is 7.28. The number of nitrogens with two attached hydrogens (primary N) is 1. The summed E-state index contributed by atoms with van der Waals surface area (Å²) < 4.78 is 26.6. The van der Waals surface area contributed by atoms with Crippen LogP contribution in [0.2, 0.25) is 0 Å². The van der Waals surface area contributed by atoms with E-state index in [2.05, 4.69) is 5.32 Å². The molecule has 1 saturated heterocycles. The van der Waals surface area contributed by atoms with E-state index in [1.54, 1.807) is 18.2 Å². The van der Waals surface area contributed by atoms with Gasteiger partial charge in [-0.3, -0.25) is 4.79 Å². The van der Waals surface area contributed by atoms with Crippen LogP contribution < -0.4 is 11.1 Å². The van der Waals surface area contributed by atoms with E-state index in [4.69, 9.17) is 5.73 Å². The van der Waals surface area contributed by atoms with Crippen molar-refractivity contribution in [3.63, 3.8) is 0 Å². The topological polar surface area (TPSA) is 92.5 Å². The summed E-state index contributed by atoms with van der Waals surface area (Å²) in [5.74, 6) is -0.102. The zero-order valence-electron chi connectivity index (χ0n) is 11.0. The van der Waals surface area contributed by atoms with E-state index in [9.17, 15) is 13.2 Å². The number of sulfonamides is 1. The third-order valence-electron chi connectivity index (χ3n) is 3.76. The molecule has 0 aromatic heterocycles. The number of rotatable bonds is 2. The van der Waals surface area contributed by atoms with Gasteiger partial charge in [-0.2, -0.15) is 4.31 Å². The number of carbonyl (C=O) groups is 1. The maximum Gasteiger partial charge on any atom is 0.243 e. The minimum atomic E-state index is -3.52. The van der Waals surface area contributed by atoms with Crippen LogP contribution in [0.1, 0.15) is 18.4 Å². The van der Waals surface area contributed by atoms with Crippen molar-refractivity contribution in [1.29, 1.82) is 0 Å². The Kier molecular flexibility index (Phi) is 3.27. The van der Waals surface area contributed by atoms with Gasteiger partial charge in [0.15, 0.2) is 0 Å². The van der Waals surface area contributed by atoms with E-state index in [0.29, 0.717) is 18.8 Å². The lowest BCUT2D eigenvalue weighted by molar-refractivity contribution is -0.115. The van der Waals surface area contributed by atoms with Crippen LogP contribution in [0, 0.1) is 0 Å². The predicted molar refractivity (Wildman–Crippen MR) is 74.7 cm³/mol. The Hall–Kier alpha value is -1.44. The largest absolute Gasteiger partial charge is 0.327 e. The van der Waals surface area contributed by atoms with Gasteiger partial charge in [-0.15, -0.1) is 0 Å². The summed E-state index contributed by atoms with van der Waals surface area (Å²) in [5, 5.41) is 2.70. The Morgan fingerprint density at radius 2 is 2.15 bits per heavy atom. The average molecular weight is 295 g/mol. The maximum absolute atomic E-state index is 12.6. The van der Waals surface area contributed by atoms with Crippen LogP contribution in [-0.2, 0) is 21.2 Å². The molecule has 20 heavy (non-hydrogen) atoms. The molecule has 0 radical (unpaired) electrons. The van der Waals surface area contributed by atoms with Crippen LogP contribution in [0.25, 0.3) is 0 Å². The van der Waals surface area contributed by atoms with E-state index in [1.807, 2.05) is 0 Å². The monoisotopic (exact) mass is 295 g/mol. The Morgan fingerprint density at radius 3 is 2.90 bits per heavy atom. The quantitative estimate of drug-likeness (QED) is 0.820. The third kappa shape index (κ3) is 2.32. The number of nitrogens with zero attached hydrogens (tertiary/aromatic N) is 1. The fraction of sp³-hybridized carbons (Fsp3) is 0.462. The summed E-state index contributed by atoms with van der Waals surface area (Å²) in [7, 11) is -3.52. The number of hydrogen-bond donors (Lipinski definition) is 2. The van der Waals surface area contributed by atoms with Crippen molar-refractivity contribution in [3.8, 4) is 0 Å². The fourth-order valence-corrected chi connectivity index (χ4v) is 4.29. The maximum atomic E-state index is 12.6. The first-order valence-electron chi connectivity index (χ1n) is 6.65. The number of nitrogens with one attached hydrogen (secondary N) is 1. The Balaban J connectivity index is 1.92. The molecular formula is C13H17N3O3S. The molecule has 2 heterocycles. The van der Waals surface area contributed by atoms with Gasteiger partial charge in [0.1, 0.15) is 0 Å². The molecule has 6 nitrogen and oxygen atoms in total. The van der Waals surface area contributed by atoms with Crippen molar-refractivity contribution in [1.82, 2.24) is 4.31 Å². The van der Waals surface area contributed by atoms with Crippen LogP contribution in [0.15, 0.2) is 23.1 Å². The molecule has 1 fully saturated rings. The van der Waals surface area contributed by atoms with E-state index in [1.165, 1.54) is 4.31 Å². The summed E-state index contributed by atoms with van der Waals surface area (Å²) in [6, 6.07) is 4.68. The Labute approximate surface area is 118 Å². The molecule has 3 N–H and O–H groups in total. The molecule has 0 aliphatic carbocycles. The van der Waals surface area contributed by atoms with Gasteiger partial charge in [0.25, 0.3) is 0 Å². The fourth-order valence-electron chi connectivity index (χ4n) is 2.71. The number of carbonyl (C=O) groups excluding carboxylic acids is 1. The highest BCUT2D eigenvalue weighted by molar-refractivity contribution is 7.89. The molecule has 3 rings (SSSR count). The van der Waals surface area contributed by atoms with E-state index in [-0.39, 0.29) is 23.3 Å². The standard InChI is InChI=1S/C13H17N3O3S/c14-10-2-1-5-16(8-10)20(18,19)11-3-4-12-9(6-11)7-13(17)15-12/h3-4,6,10H,1-2,5,7-8,14H2,(H,15,17). The number of fused-ring (bicyclic) bond motifs is 1. The second-order valence-corrected chi connectivity index (χ2v) is 7.25. The van der Waals surface area contributed by atoms with Gasteiger partial charge in [-0.05, 0) is 36.6 Å². The molecule has 1 amide bonds. The summed E-state index contributed by atoms with van der Waals surface area (Å²) in [6.07, 6.45) is 1.87. The molecule has 1 aromatic carbocycles. The van der Waals surface area contributed by atoms with Gasteiger partial charge in [0, 0.05) is 24.8 Å². The Bertz CT molecular complexity index is 657. The lowest BCUT2D eigenvalue weighted by Crippen LogP contribution is -2.45. The van der Waals surface area contributed by atoms with E-state index < -0.39 is 10.0 Å². The van der Waals surface area contributed by atoms with Crippen LogP contribution in [0.5, 0.6) is 0 Å². The second-order valence-electron chi connectivity index (χ2n) is 5.31. The first-order chi connectivity index (χ1) is 9.46. The van der Waals surface area contributed by atoms with Crippen LogP contribution >= 0.6 is 0 Å². The molecule has 1 aromatic rings. The highest BCUT2D eigenvalue weighted by Crippen LogP contribution is 2.28. The van der Waals surface area contributed by atoms with Crippen LogP contribution in [-0.4, -0.2) is 37.8 Å². The normalized spacial score (nSPS) is 23.4. The highest BCUT2D eigenvalue weighted by Gasteiger charge is 2.30. The molecule has 2 aliphatic rings. The third-order valence-corrected chi connectivity index (χ3v) is 5.62. The van der Waals surface area contributed by atoms with Crippen LogP contribution in [0.3, 0.4) is 0 Å². The number of anilines is 1. The number of amides is 1. The van der Waals surface area contributed by atoms with Gasteiger partial charge in [0.05, 0.1) is 11.3 Å². The number of hydrogen-bond acceptors (Lipinski definition) is 4. The second kappa shape index (κ2) is 4.83. The molecule has 1 atom stereocenters. The molecule has 0 spiro atoms. The van der Waals surface area contributed by atoms with E-state index in [0.717, 1.165) is 18.4 Å². The van der Waals surface area contributed by atoms with Gasteiger partial charge in [-0.1, -0.05) is 0 Å². The smallest absolute Gasteiger partial charge is 0.243 e.